The van der Waals surface area contributed by atoms with Gasteiger partial charge in [0.05, 0.1) is 0 Å². The smallest absolute Gasteiger partial charge is 0.113 e. The van der Waals surface area contributed by atoms with Gasteiger partial charge in [-0.3, -0.25) is 0 Å². The average molecular weight is 261 g/mol. The molecule has 1 N–H and O–H groups in total. The van der Waals surface area contributed by atoms with Crippen molar-refractivity contribution in [1.29, 1.82) is 0 Å². The van der Waals surface area contributed by atoms with Gasteiger partial charge >= 0.3 is 0 Å². The highest BCUT2D eigenvalue weighted by Gasteiger charge is 2.11. The average Bonchev–Trinajstić information content (AvgIpc) is 2.94. The molecule has 0 aliphatic carbocycles. The van der Waals surface area contributed by atoms with Gasteiger partial charge in [0.1, 0.15) is 6.10 Å². The molecule has 0 saturated heterocycles. The Hall–Kier alpha value is -1.32. The molecule has 1 aromatic carbocycles. The normalized spacial score (nSPS) is 12.4. The fourth-order valence-corrected chi connectivity index (χ4v) is 2.80. The maximum absolute atomic E-state index is 10.2. The van der Waals surface area contributed by atoms with E-state index in [1.165, 1.54) is 5.69 Å². The van der Waals surface area contributed by atoms with E-state index in [9.17, 15) is 5.11 Å². The molecule has 1 atom stereocenters. The Morgan fingerprint density at radius 2 is 1.78 bits per heavy atom. The summed E-state index contributed by atoms with van der Waals surface area (Å²) < 4.78 is 0. The summed E-state index contributed by atoms with van der Waals surface area (Å²) in [6.45, 7) is 6.31. The molecule has 2 aromatic rings. The molecule has 0 radical (unpaired) electrons. The molecule has 0 fully saturated rings. The van der Waals surface area contributed by atoms with E-state index >= 15 is 0 Å². The summed E-state index contributed by atoms with van der Waals surface area (Å²) in [5.74, 6) is 0. The van der Waals surface area contributed by atoms with Crippen molar-refractivity contribution in [2.75, 3.05) is 18.0 Å². The Labute approximate surface area is 113 Å². The van der Waals surface area contributed by atoms with Crippen LogP contribution >= 0.6 is 11.3 Å². The number of aliphatic hydroxyl groups excluding tert-OH is 1. The quantitative estimate of drug-likeness (QED) is 0.887. The second-order valence-electron chi connectivity index (χ2n) is 4.18. The molecule has 2 rings (SSSR count). The van der Waals surface area contributed by atoms with Gasteiger partial charge in [0, 0.05) is 23.7 Å². The number of aliphatic hydroxyl groups is 1. The summed E-state index contributed by atoms with van der Waals surface area (Å²) in [6.07, 6.45) is -0.504. The van der Waals surface area contributed by atoms with Crippen LogP contribution in [-0.4, -0.2) is 18.2 Å². The van der Waals surface area contributed by atoms with E-state index in [2.05, 4.69) is 30.9 Å². The third-order valence-electron chi connectivity index (χ3n) is 3.15. The number of anilines is 1. The molecule has 3 heteroatoms. The monoisotopic (exact) mass is 261 g/mol. The van der Waals surface area contributed by atoms with Gasteiger partial charge in [-0.2, -0.15) is 0 Å². The second kappa shape index (κ2) is 6.03. The van der Waals surface area contributed by atoms with E-state index in [1.807, 2.05) is 29.6 Å². The molecule has 0 amide bonds. The van der Waals surface area contributed by atoms with Crippen molar-refractivity contribution in [3.05, 3.63) is 52.2 Å². The van der Waals surface area contributed by atoms with Crippen molar-refractivity contribution < 1.29 is 5.11 Å². The van der Waals surface area contributed by atoms with Crippen LogP contribution in [0.25, 0.3) is 0 Å². The van der Waals surface area contributed by atoms with Crippen molar-refractivity contribution in [2.24, 2.45) is 0 Å². The highest BCUT2D eigenvalue weighted by Crippen LogP contribution is 2.27. The molecule has 0 spiro atoms. The molecule has 2 nitrogen and oxygen atoms in total. The molecule has 1 unspecified atom stereocenters. The van der Waals surface area contributed by atoms with Gasteiger partial charge in [0.2, 0.25) is 0 Å². The minimum Gasteiger partial charge on any atom is -0.383 e. The van der Waals surface area contributed by atoms with Gasteiger partial charge in [-0.25, -0.2) is 0 Å². The Balaban J connectivity index is 2.17. The Kier molecular flexibility index (Phi) is 4.39. The molecule has 0 bridgehead atoms. The second-order valence-corrected chi connectivity index (χ2v) is 5.16. The van der Waals surface area contributed by atoms with Crippen LogP contribution in [0.2, 0.25) is 0 Å². The van der Waals surface area contributed by atoms with Gasteiger partial charge in [-0.15, -0.1) is 11.3 Å². The highest BCUT2D eigenvalue weighted by molar-refractivity contribution is 7.10. The molecular weight excluding hydrogens is 242 g/mol. The van der Waals surface area contributed by atoms with Crippen LogP contribution < -0.4 is 4.90 Å². The van der Waals surface area contributed by atoms with Crippen LogP contribution in [0.4, 0.5) is 5.69 Å². The van der Waals surface area contributed by atoms with Crippen LogP contribution in [0.5, 0.6) is 0 Å². The Bertz CT molecular complexity index is 460. The molecule has 0 aliphatic heterocycles. The minimum atomic E-state index is -0.504. The first-order valence-electron chi connectivity index (χ1n) is 6.32. The number of hydrogen-bond acceptors (Lipinski definition) is 3. The Morgan fingerprint density at radius 3 is 2.28 bits per heavy atom. The number of nitrogens with zero attached hydrogens (tertiary/aromatic N) is 1. The molecule has 0 aliphatic rings. The number of rotatable bonds is 5. The van der Waals surface area contributed by atoms with Gasteiger partial charge in [0.25, 0.3) is 0 Å². The van der Waals surface area contributed by atoms with Crippen LogP contribution in [0.3, 0.4) is 0 Å². The lowest BCUT2D eigenvalue weighted by Crippen LogP contribution is -2.21. The van der Waals surface area contributed by atoms with Crippen molar-refractivity contribution >= 4 is 17.0 Å². The summed E-state index contributed by atoms with van der Waals surface area (Å²) in [5.41, 5.74) is 2.16. The molecule has 1 aromatic heterocycles. The SMILES string of the molecule is CCN(CC)c1ccc(C(O)c2cccs2)cc1. The predicted octanol–water partition coefficient (Wildman–Crippen LogP) is 3.68. The topological polar surface area (TPSA) is 23.5 Å². The standard InChI is InChI=1S/C15H19NOS/c1-3-16(4-2)13-9-7-12(8-10-13)15(17)14-6-5-11-18-14/h5-11,15,17H,3-4H2,1-2H3. The minimum absolute atomic E-state index is 0.504. The lowest BCUT2D eigenvalue weighted by molar-refractivity contribution is 0.224. The summed E-state index contributed by atoms with van der Waals surface area (Å²) in [4.78, 5) is 3.28. The van der Waals surface area contributed by atoms with Gasteiger partial charge < -0.3 is 10.0 Å². The van der Waals surface area contributed by atoms with E-state index in [4.69, 9.17) is 0 Å². The number of hydrogen-bond donors (Lipinski definition) is 1. The largest absolute Gasteiger partial charge is 0.383 e. The fourth-order valence-electron chi connectivity index (χ4n) is 2.07. The molecule has 0 saturated carbocycles. The van der Waals surface area contributed by atoms with Crippen LogP contribution in [0.1, 0.15) is 30.4 Å². The van der Waals surface area contributed by atoms with Crippen LogP contribution in [0, 0.1) is 0 Å². The number of thiophene rings is 1. The highest BCUT2D eigenvalue weighted by atomic mass is 32.1. The zero-order valence-electron chi connectivity index (χ0n) is 10.8. The summed E-state index contributed by atoms with van der Waals surface area (Å²) in [5, 5.41) is 12.2. The molecular formula is C15H19NOS. The third-order valence-corrected chi connectivity index (χ3v) is 4.07. The van der Waals surface area contributed by atoms with Crippen molar-refractivity contribution in [1.82, 2.24) is 0 Å². The first kappa shape index (κ1) is 13.1. The van der Waals surface area contributed by atoms with E-state index < -0.39 is 6.10 Å². The zero-order valence-corrected chi connectivity index (χ0v) is 11.7. The lowest BCUT2D eigenvalue weighted by atomic mass is 10.1. The fraction of sp³-hybridized carbons (Fsp3) is 0.333. The molecule has 1 heterocycles. The predicted molar refractivity (Wildman–Crippen MR) is 78.4 cm³/mol. The van der Waals surface area contributed by atoms with Crippen molar-refractivity contribution in [2.45, 2.75) is 20.0 Å². The van der Waals surface area contributed by atoms with Gasteiger partial charge in [-0.1, -0.05) is 18.2 Å². The number of benzene rings is 1. The first-order chi connectivity index (χ1) is 8.76. The summed E-state index contributed by atoms with van der Waals surface area (Å²) >= 11 is 1.58. The van der Waals surface area contributed by atoms with Crippen LogP contribution in [-0.2, 0) is 0 Å². The summed E-state index contributed by atoms with van der Waals surface area (Å²) in [6, 6.07) is 12.1. The van der Waals surface area contributed by atoms with Gasteiger partial charge in [0.15, 0.2) is 0 Å². The lowest BCUT2D eigenvalue weighted by Gasteiger charge is -2.21. The van der Waals surface area contributed by atoms with Gasteiger partial charge in [-0.05, 0) is 43.0 Å². The maximum Gasteiger partial charge on any atom is 0.113 e. The van der Waals surface area contributed by atoms with Crippen LogP contribution in [0.15, 0.2) is 41.8 Å². The Morgan fingerprint density at radius 1 is 1.11 bits per heavy atom. The summed E-state index contributed by atoms with van der Waals surface area (Å²) in [7, 11) is 0. The zero-order chi connectivity index (χ0) is 13.0. The van der Waals surface area contributed by atoms with E-state index in [1.54, 1.807) is 11.3 Å². The molecule has 96 valence electrons. The maximum atomic E-state index is 10.2. The van der Waals surface area contributed by atoms with E-state index in [0.29, 0.717) is 0 Å². The van der Waals surface area contributed by atoms with E-state index in [0.717, 1.165) is 23.5 Å². The molecule has 18 heavy (non-hydrogen) atoms. The van der Waals surface area contributed by atoms with E-state index in [-0.39, 0.29) is 0 Å². The first-order valence-corrected chi connectivity index (χ1v) is 7.20. The third kappa shape index (κ3) is 2.74. The van der Waals surface area contributed by atoms with Crippen molar-refractivity contribution in [3.63, 3.8) is 0 Å². The van der Waals surface area contributed by atoms with Crippen molar-refractivity contribution in [3.8, 4) is 0 Å².